The quantitative estimate of drug-likeness (QED) is 0.318. The van der Waals surface area contributed by atoms with E-state index < -0.39 is 21.9 Å². The zero-order valence-corrected chi connectivity index (χ0v) is 23.4. The normalized spacial score (nSPS) is 11.8. The summed E-state index contributed by atoms with van der Waals surface area (Å²) in [5.74, 6) is -0.621. The molecular formula is C27H33N3O5S2. The van der Waals surface area contributed by atoms with E-state index in [1.165, 1.54) is 28.6 Å². The first-order chi connectivity index (χ1) is 17.5. The molecule has 0 aliphatic heterocycles. The number of benzene rings is 2. The highest BCUT2D eigenvalue weighted by Crippen LogP contribution is 2.32. The number of sulfonamides is 1. The highest BCUT2D eigenvalue weighted by Gasteiger charge is 2.26. The molecule has 1 N–H and O–H groups in total. The summed E-state index contributed by atoms with van der Waals surface area (Å²) in [6.45, 7) is 10.7. The molecule has 0 aliphatic carbocycles. The lowest BCUT2D eigenvalue weighted by Gasteiger charge is -2.25. The van der Waals surface area contributed by atoms with Crippen LogP contribution >= 0.6 is 11.3 Å². The molecule has 8 nitrogen and oxygen atoms in total. The molecule has 2 aromatic carbocycles. The number of hydrogen-bond donors (Lipinski definition) is 1. The lowest BCUT2D eigenvalue weighted by molar-refractivity contribution is 0.0532. The van der Waals surface area contributed by atoms with Crippen molar-refractivity contribution in [3.63, 3.8) is 0 Å². The second-order valence-corrected chi connectivity index (χ2v) is 12.3. The van der Waals surface area contributed by atoms with Crippen molar-refractivity contribution < 1.29 is 22.7 Å². The first-order valence-electron chi connectivity index (χ1n) is 12.2. The minimum absolute atomic E-state index is 0.135. The molecule has 0 unspecified atom stereocenters. The molecule has 0 saturated heterocycles. The monoisotopic (exact) mass is 543 g/mol. The zero-order valence-electron chi connectivity index (χ0n) is 21.7. The van der Waals surface area contributed by atoms with E-state index in [4.69, 9.17) is 4.74 Å². The first kappa shape index (κ1) is 28.5. The second kappa shape index (κ2) is 12.4. The van der Waals surface area contributed by atoms with Crippen LogP contribution in [-0.4, -0.2) is 49.3 Å². The third-order valence-corrected chi connectivity index (χ3v) is 8.04. The number of nitrogens with zero attached hydrogens (tertiary/aromatic N) is 2. The van der Waals surface area contributed by atoms with Crippen LogP contribution in [0.3, 0.4) is 0 Å². The summed E-state index contributed by atoms with van der Waals surface area (Å²) in [4.78, 5) is 30.3. The van der Waals surface area contributed by atoms with Crippen LogP contribution in [0.15, 0.2) is 59.5 Å². The molecule has 0 radical (unpaired) electrons. The molecule has 1 amide bonds. The number of carbonyl (C=O) groups excluding carboxylic acids is 2. The highest BCUT2D eigenvalue weighted by atomic mass is 32.2. The Morgan fingerprint density at radius 3 is 2.11 bits per heavy atom. The van der Waals surface area contributed by atoms with Crippen LogP contribution in [0.5, 0.6) is 0 Å². The number of carbonyl (C=O) groups is 2. The van der Waals surface area contributed by atoms with Gasteiger partial charge in [0.15, 0.2) is 5.13 Å². The summed E-state index contributed by atoms with van der Waals surface area (Å²) in [6.07, 6.45) is 0. The van der Waals surface area contributed by atoms with Crippen LogP contribution in [0.4, 0.5) is 5.13 Å². The predicted octanol–water partition coefficient (Wildman–Crippen LogP) is 5.54. The second-order valence-electron chi connectivity index (χ2n) is 9.37. The van der Waals surface area contributed by atoms with Gasteiger partial charge in [-0.25, -0.2) is 18.2 Å². The summed E-state index contributed by atoms with van der Waals surface area (Å²) < 4.78 is 33.1. The third kappa shape index (κ3) is 7.24. The molecular weight excluding hydrogens is 510 g/mol. The lowest BCUT2D eigenvalue weighted by atomic mass is 10.1. The molecule has 1 heterocycles. The van der Waals surface area contributed by atoms with Gasteiger partial charge in [0.2, 0.25) is 10.0 Å². The summed E-state index contributed by atoms with van der Waals surface area (Å²) in [5, 5.41) is 2.96. The molecule has 1 aromatic heterocycles. The van der Waals surface area contributed by atoms with Crippen LogP contribution in [0, 0.1) is 11.8 Å². The standard InChI is InChI=1S/C27H33N3O5S2/c1-6-35-26(32)24-23(20-10-8-7-9-11-20)28-27(36-24)29-25(31)21-12-14-22(15-13-21)37(33,34)30(16-18(2)3)17-19(4)5/h7-15,18-19H,6,16-17H2,1-5H3,(H,28,29,31). The summed E-state index contributed by atoms with van der Waals surface area (Å²) in [5.41, 5.74) is 1.42. The topological polar surface area (TPSA) is 106 Å². The Labute approximate surface area is 222 Å². The van der Waals surface area contributed by atoms with Crippen molar-refractivity contribution in [3.05, 3.63) is 65.0 Å². The van der Waals surface area contributed by atoms with E-state index in [1.54, 1.807) is 6.92 Å². The number of esters is 1. The summed E-state index contributed by atoms with van der Waals surface area (Å²) in [7, 11) is -3.70. The van der Waals surface area contributed by atoms with Gasteiger partial charge in [-0.3, -0.25) is 10.1 Å². The van der Waals surface area contributed by atoms with Crippen molar-refractivity contribution in [1.82, 2.24) is 9.29 Å². The summed E-state index contributed by atoms with van der Waals surface area (Å²) >= 11 is 1.03. The van der Waals surface area contributed by atoms with Gasteiger partial charge in [-0.2, -0.15) is 4.31 Å². The molecule has 37 heavy (non-hydrogen) atoms. The Kier molecular flexibility index (Phi) is 9.58. The predicted molar refractivity (Wildman–Crippen MR) is 146 cm³/mol. The van der Waals surface area contributed by atoms with Crippen LogP contribution in [0.25, 0.3) is 11.3 Å². The van der Waals surface area contributed by atoms with Gasteiger partial charge in [0.05, 0.1) is 17.2 Å². The van der Waals surface area contributed by atoms with E-state index in [0.29, 0.717) is 23.7 Å². The van der Waals surface area contributed by atoms with Crippen LogP contribution in [0.2, 0.25) is 0 Å². The highest BCUT2D eigenvalue weighted by molar-refractivity contribution is 7.89. The third-order valence-electron chi connectivity index (χ3n) is 5.25. The maximum atomic E-state index is 13.2. The van der Waals surface area contributed by atoms with Crippen molar-refractivity contribution >= 4 is 38.4 Å². The Balaban J connectivity index is 1.83. The van der Waals surface area contributed by atoms with Crippen molar-refractivity contribution in [1.29, 1.82) is 0 Å². The number of amides is 1. The van der Waals surface area contributed by atoms with E-state index in [2.05, 4.69) is 10.3 Å². The Morgan fingerprint density at radius 2 is 1.57 bits per heavy atom. The van der Waals surface area contributed by atoms with E-state index in [9.17, 15) is 18.0 Å². The SMILES string of the molecule is CCOC(=O)c1sc(NC(=O)c2ccc(S(=O)(=O)N(CC(C)C)CC(C)C)cc2)nc1-c1ccccc1. The van der Waals surface area contributed by atoms with Gasteiger partial charge in [-0.1, -0.05) is 69.4 Å². The Hall–Kier alpha value is -3.08. The first-order valence-corrected chi connectivity index (χ1v) is 14.4. The minimum atomic E-state index is -3.70. The van der Waals surface area contributed by atoms with Gasteiger partial charge in [0, 0.05) is 24.2 Å². The molecule has 0 aliphatic rings. The molecule has 10 heteroatoms. The van der Waals surface area contributed by atoms with Gasteiger partial charge in [-0.15, -0.1) is 0 Å². The van der Waals surface area contributed by atoms with E-state index in [1.807, 2.05) is 58.0 Å². The number of nitrogens with one attached hydrogen (secondary N) is 1. The van der Waals surface area contributed by atoms with Crippen LogP contribution < -0.4 is 5.32 Å². The van der Waals surface area contributed by atoms with Crippen molar-refractivity contribution in [2.24, 2.45) is 11.8 Å². The van der Waals surface area contributed by atoms with E-state index >= 15 is 0 Å². The molecule has 0 saturated carbocycles. The van der Waals surface area contributed by atoms with E-state index in [0.717, 1.165) is 16.9 Å². The minimum Gasteiger partial charge on any atom is -0.462 e. The smallest absolute Gasteiger partial charge is 0.350 e. The number of thiazole rings is 1. The maximum absolute atomic E-state index is 13.2. The van der Waals surface area contributed by atoms with Crippen molar-refractivity contribution in [2.45, 2.75) is 39.5 Å². The van der Waals surface area contributed by atoms with E-state index in [-0.39, 0.29) is 34.0 Å². The molecule has 3 rings (SSSR count). The fourth-order valence-corrected chi connectivity index (χ4v) is 6.33. The fraction of sp³-hybridized carbons (Fsp3) is 0.370. The van der Waals surface area contributed by atoms with Crippen LogP contribution in [0.1, 0.15) is 54.6 Å². The molecule has 198 valence electrons. The number of hydrogen-bond acceptors (Lipinski definition) is 7. The van der Waals surface area contributed by atoms with Gasteiger partial charge in [-0.05, 0) is 43.0 Å². The largest absolute Gasteiger partial charge is 0.462 e. The number of anilines is 1. The van der Waals surface area contributed by atoms with Gasteiger partial charge in [0.25, 0.3) is 5.91 Å². The number of ether oxygens (including phenoxy) is 1. The molecule has 0 fully saturated rings. The lowest BCUT2D eigenvalue weighted by Crippen LogP contribution is -2.37. The average molecular weight is 544 g/mol. The molecule has 0 bridgehead atoms. The summed E-state index contributed by atoms with van der Waals surface area (Å²) in [6, 6.07) is 15.0. The Bertz CT molecular complexity index is 1310. The van der Waals surface area contributed by atoms with Crippen molar-refractivity contribution in [3.8, 4) is 11.3 Å². The molecule has 0 atom stereocenters. The van der Waals surface area contributed by atoms with Gasteiger partial charge >= 0.3 is 5.97 Å². The van der Waals surface area contributed by atoms with Crippen LogP contribution in [-0.2, 0) is 14.8 Å². The molecule has 0 spiro atoms. The Morgan fingerprint density at radius 1 is 0.973 bits per heavy atom. The molecule has 3 aromatic rings. The fourth-order valence-electron chi connectivity index (χ4n) is 3.68. The van der Waals surface area contributed by atoms with Crippen molar-refractivity contribution in [2.75, 3.05) is 25.0 Å². The van der Waals surface area contributed by atoms with Gasteiger partial charge < -0.3 is 4.74 Å². The maximum Gasteiger partial charge on any atom is 0.350 e. The van der Waals surface area contributed by atoms with Gasteiger partial charge in [0.1, 0.15) is 4.88 Å². The number of rotatable bonds is 11. The average Bonchev–Trinajstić information content (AvgIpc) is 3.28. The zero-order chi connectivity index (χ0) is 27.2. The number of aromatic nitrogens is 1.